The molecule has 28 heavy (non-hydrogen) atoms. The molecule has 154 valence electrons. The fraction of sp³-hybridized carbons (Fsp3) is 0.500. The van der Waals surface area contributed by atoms with Gasteiger partial charge in [0.2, 0.25) is 0 Å². The second kappa shape index (κ2) is 7.33. The van der Waals surface area contributed by atoms with E-state index in [4.69, 9.17) is 4.74 Å². The van der Waals surface area contributed by atoms with Crippen molar-refractivity contribution in [2.45, 2.75) is 24.6 Å². The quantitative estimate of drug-likeness (QED) is 0.544. The summed E-state index contributed by atoms with van der Waals surface area (Å²) in [6.07, 6.45) is 0.190. The van der Waals surface area contributed by atoms with E-state index in [1.54, 1.807) is 37.2 Å². The Kier molecular flexibility index (Phi) is 5.38. The highest BCUT2D eigenvalue weighted by molar-refractivity contribution is 7.87. The third kappa shape index (κ3) is 3.98. The minimum atomic E-state index is -5.71. The standard InChI is InChI=1S/C16H18F3N3O5S/c1-10-7-22(8-11(27-10)9-26-28(24,25)16(17,18)19)13-6-14(23)21(2)15-12(13)4-3-5-20-15/h3-6,10-11H,7-9H2,1-2H3/t10-,11-/m1/s1. The smallest absolute Gasteiger partial charge is 0.369 e. The number of rotatable bonds is 4. The van der Waals surface area contributed by atoms with E-state index in [1.165, 1.54) is 10.6 Å². The summed E-state index contributed by atoms with van der Waals surface area (Å²) < 4.78 is 70.6. The monoisotopic (exact) mass is 421 g/mol. The van der Waals surface area contributed by atoms with Gasteiger partial charge in [-0.3, -0.25) is 13.5 Å². The molecule has 0 saturated carbocycles. The van der Waals surface area contributed by atoms with Crippen molar-refractivity contribution in [1.82, 2.24) is 9.55 Å². The molecule has 0 radical (unpaired) electrons. The molecule has 2 aromatic heterocycles. The lowest BCUT2D eigenvalue weighted by Crippen LogP contribution is -2.49. The fourth-order valence-corrected chi connectivity index (χ4v) is 3.55. The molecule has 3 rings (SSSR count). The number of aryl methyl sites for hydroxylation is 1. The molecule has 0 unspecified atom stereocenters. The summed E-state index contributed by atoms with van der Waals surface area (Å²) in [5.74, 6) is 0. The Morgan fingerprint density at radius 2 is 2.07 bits per heavy atom. The highest BCUT2D eigenvalue weighted by Crippen LogP contribution is 2.28. The van der Waals surface area contributed by atoms with Gasteiger partial charge in [0, 0.05) is 37.8 Å². The van der Waals surface area contributed by atoms with E-state index in [2.05, 4.69) is 9.17 Å². The van der Waals surface area contributed by atoms with E-state index in [0.717, 1.165) is 0 Å². The Labute approximate surface area is 158 Å². The van der Waals surface area contributed by atoms with E-state index in [9.17, 15) is 26.4 Å². The van der Waals surface area contributed by atoms with Gasteiger partial charge in [-0.2, -0.15) is 21.6 Å². The fourth-order valence-electron chi connectivity index (χ4n) is 3.09. The zero-order valence-corrected chi connectivity index (χ0v) is 15.8. The third-order valence-corrected chi connectivity index (χ3v) is 5.34. The second-order valence-electron chi connectivity index (χ2n) is 6.46. The summed E-state index contributed by atoms with van der Waals surface area (Å²) in [5.41, 5.74) is -4.80. The number of pyridine rings is 2. The van der Waals surface area contributed by atoms with Crippen molar-refractivity contribution in [1.29, 1.82) is 0 Å². The number of morpholine rings is 1. The molecule has 0 amide bonds. The molecule has 1 fully saturated rings. The lowest BCUT2D eigenvalue weighted by Gasteiger charge is -2.38. The van der Waals surface area contributed by atoms with Gasteiger partial charge in [-0.1, -0.05) is 0 Å². The number of aromatic nitrogens is 2. The molecule has 0 spiro atoms. The SMILES string of the molecule is C[C@@H]1CN(c2cc(=O)n(C)c3ncccc23)C[C@H](COS(=O)(=O)C(F)(F)F)O1. The topological polar surface area (TPSA) is 90.7 Å². The van der Waals surface area contributed by atoms with Gasteiger partial charge in [0.15, 0.2) is 0 Å². The summed E-state index contributed by atoms with van der Waals surface area (Å²) in [4.78, 5) is 18.2. The Morgan fingerprint density at radius 3 is 2.75 bits per heavy atom. The molecule has 8 nitrogen and oxygen atoms in total. The van der Waals surface area contributed by atoms with Crippen LogP contribution in [0.3, 0.4) is 0 Å². The lowest BCUT2D eigenvalue weighted by molar-refractivity contribution is -0.0656. The van der Waals surface area contributed by atoms with E-state index in [1.807, 2.05) is 0 Å². The first-order valence-electron chi connectivity index (χ1n) is 8.30. The molecular weight excluding hydrogens is 403 g/mol. The van der Waals surface area contributed by atoms with E-state index in [0.29, 0.717) is 23.3 Å². The first-order valence-corrected chi connectivity index (χ1v) is 9.71. The average Bonchev–Trinajstić information content (AvgIpc) is 2.62. The number of fused-ring (bicyclic) bond motifs is 1. The van der Waals surface area contributed by atoms with Crippen molar-refractivity contribution < 1.29 is 30.5 Å². The maximum Gasteiger partial charge on any atom is 0.523 e. The van der Waals surface area contributed by atoms with Crippen LogP contribution in [0.15, 0.2) is 29.2 Å². The highest BCUT2D eigenvalue weighted by Gasteiger charge is 2.47. The number of alkyl halides is 3. The van der Waals surface area contributed by atoms with Crippen LogP contribution >= 0.6 is 0 Å². The molecule has 3 heterocycles. The molecule has 12 heteroatoms. The molecule has 1 saturated heterocycles. The lowest BCUT2D eigenvalue weighted by atomic mass is 10.1. The zero-order chi connectivity index (χ0) is 20.7. The molecule has 0 aromatic carbocycles. The van der Waals surface area contributed by atoms with Crippen molar-refractivity contribution in [3.8, 4) is 0 Å². The Hall–Kier alpha value is -2.18. The molecule has 0 bridgehead atoms. The van der Waals surface area contributed by atoms with Crippen molar-refractivity contribution in [3.05, 3.63) is 34.7 Å². The average molecular weight is 421 g/mol. The largest absolute Gasteiger partial charge is 0.523 e. The van der Waals surface area contributed by atoms with Gasteiger partial charge in [0.25, 0.3) is 5.56 Å². The summed E-state index contributed by atoms with van der Waals surface area (Å²) in [6, 6.07) is 4.89. The van der Waals surface area contributed by atoms with E-state index in [-0.39, 0.29) is 12.1 Å². The summed E-state index contributed by atoms with van der Waals surface area (Å²) in [6.45, 7) is 1.32. The molecule has 2 aromatic rings. The number of anilines is 1. The van der Waals surface area contributed by atoms with Gasteiger partial charge >= 0.3 is 15.6 Å². The molecule has 1 aliphatic rings. The predicted molar refractivity (Wildman–Crippen MR) is 94.5 cm³/mol. The van der Waals surface area contributed by atoms with E-state index < -0.39 is 34.4 Å². The van der Waals surface area contributed by atoms with Crippen LogP contribution in [0, 0.1) is 0 Å². The van der Waals surface area contributed by atoms with Gasteiger partial charge in [-0.15, -0.1) is 0 Å². The van der Waals surface area contributed by atoms with Crippen LogP contribution in [-0.4, -0.2) is 55.4 Å². The number of ether oxygens (including phenoxy) is 1. The van der Waals surface area contributed by atoms with Crippen LogP contribution in [-0.2, 0) is 26.1 Å². The van der Waals surface area contributed by atoms with Gasteiger partial charge in [0.05, 0.1) is 18.4 Å². The normalized spacial score (nSPS) is 21.2. The number of hydrogen-bond donors (Lipinski definition) is 0. The van der Waals surface area contributed by atoms with Crippen molar-refractivity contribution in [2.24, 2.45) is 7.05 Å². The number of nitrogens with zero attached hydrogens (tertiary/aromatic N) is 3. The molecular formula is C16H18F3N3O5S. The zero-order valence-electron chi connectivity index (χ0n) is 15.0. The Bertz CT molecular complexity index is 1040. The maximum absolute atomic E-state index is 12.5. The van der Waals surface area contributed by atoms with Crippen molar-refractivity contribution in [3.63, 3.8) is 0 Å². The van der Waals surface area contributed by atoms with Crippen LogP contribution in [0.25, 0.3) is 11.0 Å². The number of halogens is 3. The van der Waals surface area contributed by atoms with Gasteiger partial charge < -0.3 is 9.64 Å². The first kappa shape index (κ1) is 20.6. The summed E-state index contributed by atoms with van der Waals surface area (Å²) >= 11 is 0. The van der Waals surface area contributed by atoms with Crippen LogP contribution < -0.4 is 10.5 Å². The minimum Gasteiger partial charge on any atom is -0.369 e. The Morgan fingerprint density at radius 1 is 1.36 bits per heavy atom. The van der Waals surface area contributed by atoms with Crippen LogP contribution in [0.4, 0.5) is 18.9 Å². The second-order valence-corrected chi connectivity index (χ2v) is 8.07. The Balaban J connectivity index is 1.87. The van der Waals surface area contributed by atoms with Gasteiger partial charge in [0.1, 0.15) is 11.8 Å². The number of hydrogen-bond acceptors (Lipinski definition) is 7. The molecule has 2 atom stereocenters. The molecule has 1 aliphatic heterocycles. The van der Waals surface area contributed by atoms with Crippen LogP contribution in [0.5, 0.6) is 0 Å². The molecule has 0 N–H and O–H groups in total. The van der Waals surface area contributed by atoms with Gasteiger partial charge in [-0.05, 0) is 19.1 Å². The summed E-state index contributed by atoms with van der Waals surface area (Å²) in [5, 5.41) is 0.682. The highest BCUT2D eigenvalue weighted by atomic mass is 32.2. The van der Waals surface area contributed by atoms with Gasteiger partial charge in [-0.25, -0.2) is 4.98 Å². The third-order valence-electron chi connectivity index (χ3n) is 4.33. The minimum absolute atomic E-state index is 0.0505. The van der Waals surface area contributed by atoms with Crippen molar-refractivity contribution in [2.75, 3.05) is 24.6 Å². The van der Waals surface area contributed by atoms with Crippen LogP contribution in [0.1, 0.15) is 6.92 Å². The first-order chi connectivity index (χ1) is 13.0. The predicted octanol–water partition coefficient (Wildman–Crippen LogP) is 1.39. The summed E-state index contributed by atoms with van der Waals surface area (Å²) in [7, 11) is -4.12. The molecule has 0 aliphatic carbocycles. The maximum atomic E-state index is 12.5. The van der Waals surface area contributed by atoms with Crippen LogP contribution in [0.2, 0.25) is 0 Å². The van der Waals surface area contributed by atoms with Crippen molar-refractivity contribution >= 4 is 26.8 Å². The van der Waals surface area contributed by atoms with E-state index >= 15 is 0 Å².